The van der Waals surface area contributed by atoms with Crippen molar-refractivity contribution in [2.24, 2.45) is 5.92 Å². The zero-order valence-electron chi connectivity index (χ0n) is 11.2. The maximum Gasteiger partial charge on any atom is 0.0148 e. The van der Waals surface area contributed by atoms with Gasteiger partial charge < -0.3 is 0 Å². The number of benzene rings is 1. The second-order valence-corrected chi connectivity index (χ2v) is 7.01. The van der Waals surface area contributed by atoms with Crippen molar-refractivity contribution in [1.82, 2.24) is 0 Å². The molecule has 2 atom stereocenters. The summed E-state index contributed by atoms with van der Waals surface area (Å²) in [5.41, 5.74) is 5.96. The normalized spacial score (nSPS) is 24.9. The Balaban J connectivity index is 2.12. The van der Waals surface area contributed by atoms with Crippen molar-refractivity contribution in [3.05, 3.63) is 34.4 Å². The summed E-state index contributed by atoms with van der Waals surface area (Å²) < 4.78 is 0. The molecule has 0 amide bonds. The fourth-order valence-corrected chi connectivity index (χ4v) is 4.08. The zero-order chi connectivity index (χ0) is 12.4. The van der Waals surface area contributed by atoms with Crippen molar-refractivity contribution in [3.8, 4) is 0 Å². The second kappa shape index (κ2) is 5.56. The van der Waals surface area contributed by atoms with Crippen LogP contribution in [0.25, 0.3) is 0 Å². The van der Waals surface area contributed by atoms with Crippen molar-refractivity contribution in [3.63, 3.8) is 0 Å². The fourth-order valence-electron chi connectivity index (χ4n) is 3.23. The molecule has 1 aromatic carbocycles. The molecule has 0 aliphatic heterocycles. The highest BCUT2D eigenvalue weighted by atomic mass is 79.9. The van der Waals surface area contributed by atoms with Crippen molar-refractivity contribution < 1.29 is 0 Å². The van der Waals surface area contributed by atoms with E-state index in [1.807, 2.05) is 0 Å². The molecule has 0 N–H and O–H groups in total. The summed E-state index contributed by atoms with van der Waals surface area (Å²) in [5, 5.41) is 0. The van der Waals surface area contributed by atoms with Gasteiger partial charge in [0, 0.05) is 4.83 Å². The third kappa shape index (κ3) is 3.34. The minimum Gasteiger partial charge on any atom is -0.0891 e. The van der Waals surface area contributed by atoms with Gasteiger partial charge >= 0.3 is 0 Å². The molecule has 0 spiro atoms. The van der Waals surface area contributed by atoms with Gasteiger partial charge in [0.25, 0.3) is 0 Å². The highest BCUT2D eigenvalue weighted by Gasteiger charge is 2.21. The predicted octanol–water partition coefficient (Wildman–Crippen LogP) is 5.11. The van der Waals surface area contributed by atoms with Crippen LogP contribution in [-0.4, -0.2) is 4.83 Å². The molecule has 1 aliphatic rings. The van der Waals surface area contributed by atoms with Gasteiger partial charge in [0.15, 0.2) is 0 Å². The van der Waals surface area contributed by atoms with Crippen LogP contribution >= 0.6 is 15.9 Å². The number of aryl methyl sites for hydroxylation is 3. The first-order valence-corrected chi connectivity index (χ1v) is 7.68. The molecule has 2 rings (SSSR count). The van der Waals surface area contributed by atoms with E-state index in [0.29, 0.717) is 0 Å². The Morgan fingerprint density at radius 1 is 1.12 bits per heavy atom. The summed E-state index contributed by atoms with van der Waals surface area (Å²) in [4.78, 5) is 0.757. The Hall–Kier alpha value is -0.300. The molecule has 17 heavy (non-hydrogen) atoms. The Kier molecular flexibility index (Phi) is 4.30. The SMILES string of the molecule is Cc1cc(C)c(CC2CCCC(Br)C2)c(C)c1. The van der Waals surface area contributed by atoms with Gasteiger partial charge in [-0.05, 0) is 62.6 Å². The summed E-state index contributed by atoms with van der Waals surface area (Å²) >= 11 is 3.79. The molecule has 1 aliphatic carbocycles. The number of alkyl halides is 1. The summed E-state index contributed by atoms with van der Waals surface area (Å²) in [5.74, 6) is 0.883. The number of hydrogen-bond donors (Lipinski definition) is 0. The summed E-state index contributed by atoms with van der Waals surface area (Å²) in [7, 11) is 0. The molecule has 0 radical (unpaired) electrons. The van der Waals surface area contributed by atoms with E-state index in [2.05, 4.69) is 48.8 Å². The van der Waals surface area contributed by atoms with Crippen molar-refractivity contribution in [2.75, 3.05) is 0 Å². The van der Waals surface area contributed by atoms with Crippen molar-refractivity contribution >= 4 is 15.9 Å². The molecular weight excluding hydrogens is 272 g/mol. The van der Waals surface area contributed by atoms with Gasteiger partial charge in [0.2, 0.25) is 0 Å². The molecule has 0 bridgehead atoms. The van der Waals surface area contributed by atoms with Crippen LogP contribution < -0.4 is 0 Å². The quantitative estimate of drug-likeness (QED) is 0.665. The third-order valence-corrected chi connectivity index (χ3v) is 4.88. The van der Waals surface area contributed by atoms with Crippen LogP contribution in [0.15, 0.2) is 12.1 Å². The Bertz CT molecular complexity index is 372. The molecule has 1 fully saturated rings. The minimum atomic E-state index is 0.757. The van der Waals surface area contributed by atoms with Gasteiger partial charge in [-0.25, -0.2) is 0 Å². The first-order valence-electron chi connectivity index (χ1n) is 6.77. The number of hydrogen-bond acceptors (Lipinski definition) is 0. The molecule has 94 valence electrons. The smallest absolute Gasteiger partial charge is 0.0148 e. The average molecular weight is 295 g/mol. The van der Waals surface area contributed by atoms with Gasteiger partial charge in [-0.15, -0.1) is 0 Å². The number of rotatable bonds is 2. The summed E-state index contributed by atoms with van der Waals surface area (Å²) in [6.07, 6.45) is 6.80. The zero-order valence-corrected chi connectivity index (χ0v) is 12.8. The molecule has 0 saturated heterocycles. The largest absolute Gasteiger partial charge is 0.0891 e. The van der Waals surface area contributed by atoms with E-state index in [9.17, 15) is 0 Å². The van der Waals surface area contributed by atoms with E-state index in [-0.39, 0.29) is 0 Å². The van der Waals surface area contributed by atoms with Crippen LogP contribution in [0.4, 0.5) is 0 Å². The Morgan fingerprint density at radius 3 is 2.35 bits per heavy atom. The van der Waals surface area contributed by atoms with Crippen LogP contribution in [0, 0.1) is 26.7 Å². The van der Waals surface area contributed by atoms with E-state index in [0.717, 1.165) is 10.7 Å². The maximum absolute atomic E-state index is 3.79. The lowest BCUT2D eigenvalue weighted by molar-refractivity contribution is 0.367. The van der Waals surface area contributed by atoms with Crippen LogP contribution in [0.2, 0.25) is 0 Å². The minimum absolute atomic E-state index is 0.757. The first kappa shape index (κ1) is 13.1. The van der Waals surface area contributed by atoms with Crippen LogP contribution in [0.3, 0.4) is 0 Å². The topological polar surface area (TPSA) is 0 Å². The van der Waals surface area contributed by atoms with Gasteiger partial charge in [-0.3, -0.25) is 0 Å². The lowest BCUT2D eigenvalue weighted by Gasteiger charge is -2.27. The first-order chi connectivity index (χ1) is 8.06. The highest BCUT2D eigenvalue weighted by Crippen LogP contribution is 2.32. The molecule has 0 heterocycles. The van der Waals surface area contributed by atoms with Gasteiger partial charge in [-0.2, -0.15) is 0 Å². The van der Waals surface area contributed by atoms with Crippen LogP contribution in [-0.2, 0) is 6.42 Å². The average Bonchev–Trinajstić information content (AvgIpc) is 2.23. The molecule has 1 heteroatoms. The van der Waals surface area contributed by atoms with E-state index in [1.165, 1.54) is 48.8 Å². The molecule has 1 saturated carbocycles. The molecular formula is C16H23Br. The van der Waals surface area contributed by atoms with E-state index >= 15 is 0 Å². The van der Waals surface area contributed by atoms with Crippen molar-refractivity contribution in [2.45, 2.75) is 57.7 Å². The van der Waals surface area contributed by atoms with Crippen LogP contribution in [0.1, 0.15) is 47.9 Å². The lowest BCUT2D eigenvalue weighted by atomic mass is 9.82. The van der Waals surface area contributed by atoms with Gasteiger partial charge in [-0.1, -0.05) is 46.5 Å². The summed E-state index contributed by atoms with van der Waals surface area (Å²) in [6.45, 7) is 6.73. The predicted molar refractivity (Wildman–Crippen MR) is 79.0 cm³/mol. The van der Waals surface area contributed by atoms with E-state index in [4.69, 9.17) is 0 Å². The molecule has 2 unspecified atom stereocenters. The van der Waals surface area contributed by atoms with E-state index in [1.54, 1.807) is 5.56 Å². The maximum atomic E-state index is 3.79. The fraction of sp³-hybridized carbons (Fsp3) is 0.625. The number of halogens is 1. The summed E-state index contributed by atoms with van der Waals surface area (Å²) in [6, 6.07) is 4.66. The third-order valence-electron chi connectivity index (χ3n) is 4.05. The van der Waals surface area contributed by atoms with E-state index < -0.39 is 0 Å². The molecule has 0 nitrogen and oxygen atoms in total. The van der Waals surface area contributed by atoms with Gasteiger partial charge in [0.05, 0.1) is 0 Å². The second-order valence-electron chi connectivity index (χ2n) is 5.71. The Labute approximate surface area is 114 Å². The standard InChI is InChI=1S/C16H23Br/c1-11-7-12(2)16(13(3)8-11)10-14-5-4-6-15(17)9-14/h7-8,14-15H,4-6,9-10H2,1-3H3. The molecule has 0 aromatic heterocycles. The molecule has 1 aromatic rings. The monoisotopic (exact) mass is 294 g/mol. The van der Waals surface area contributed by atoms with Gasteiger partial charge in [0.1, 0.15) is 0 Å². The highest BCUT2D eigenvalue weighted by molar-refractivity contribution is 9.09. The van der Waals surface area contributed by atoms with Crippen molar-refractivity contribution in [1.29, 1.82) is 0 Å². The van der Waals surface area contributed by atoms with Crippen LogP contribution in [0.5, 0.6) is 0 Å². The Morgan fingerprint density at radius 2 is 1.76 bits per heavy atom. The lowest BCUT2D eigenvalue weighted by Crippen LogP contribution is -2.18.